The summed E-state index contributed by atoms with van der Waals surface area (Å²) in [6.45, 7) is 0. The first-order valence-electron chi connectivity index (χ1n) is 14.5. The molecule has 1 saturated carbocycles. The van der Waals surface area contributed by atoms with Crippen molar-refractivity contribution in [2.45, 2.75) is 37.8 Å². The third kappa shape index (κ3) is 5.25. The number of hydrogen-bond acceptors (Lipinski definition) is 5. The first-order valence-corrected chi connectivity index (χ1v) is 14.5. The maximum atomic E-state index is 16.4. The quantitative estimate of drug-likeness (QED) is 0.190. The van der Waals surface area contributed by atoms with Crippen molar-refractivity contribution in [2.24, 2.45) is 0 Å². The summed E-state index contributed by atoms with van der Waals surface area (Å²) in [5.41, 5.74) is 2.00. The van der Waals surface area contributed by atoms with E-state index in [2.05, 4.69) is 31.7 Å². The standard InChI is InChI=1S/C34H26F3N7O/c35-21-14-24-26(18-40-32(24)27(36)15-21)31-25(17-38)29(19-5-2-1-3-6-19)30(37)33(43-31)41-22-7-4-8-23(16-22)42-34(45)20-9-11-44-12-10-39-28(44)13-20/h1-3,5-6,9-15,18,22-23,40H,4,7-8,16H2,(H,41,43)(H,42,45)/t22-,23+/m1/s1. The molecule has 2 atom stereocenters. The van der Waals surface area contributed by atoms with Gasteiger partial charge in [-0.1, -0.05) is 30.3 Å². The molecule has 45 heavy (non-hydrogen) atoms. The number of nitriles is 1. The highest BCUT2D eigenvalue weighted by Gasteiger charge is 2.28. The Kier molecular flexibility index (Phi) is 7.17. The number of amides is 1. The van der Waals surface area contributed by atoms with Gasteiger partial charge in [0, 0.05) is 65.0 Å². The minimum atomic E-state index is -0.793. The van der Waals surface area contributed by atoms with Gasteiger partial charge in [-0.15, -0.1) is 0 Å². The number of carbonyl (C=O) groups is 1. The van der Waals surface area contributed by atoms with Crippen molar-refractivity contribution < 1.29 is 18.0 Å². The van der Waals surface area contributed by atoms with Crippen molar-refractivity contribution in [3.63, 3.8) is 0 Å². The molecule has 3 N–H and O–H groups in total. The number of nitrogens with zero attached hydrogens (tertiary/aromatic N) is 4. The van der Waals surface area contributed by atoms with Gasteiger partial charge in [-0.05, 0) is 49.4 Å². The summed E-state index contributed by atoms with van der Waals surface area (Å²) in [5.74, 6) is -2.60. The molecule has 11 heteroatoms. The summed E-state index contributed by atoms with van der Waals surface area (Å²) in [6, 6.07) is 15.7. The van der Waals surface area contributed by atoms with Crippen LogP contribution in [0.4, 0.5) is 19.0 Å². The monoisotopic (exact) mass is 605 g/mol. The van der Waals surface area contributed by atoms with Crippen molar-refractivity contribution in [1.82, 2.24) is 24.7 Å². The number of hydrogen-bond donors (Lipinski definition) is 3. The lowest BCUT2D eigenvalue weighted by atomic mass is 9.90. The number of aromatic amines is 1. The van der Waals surface area contributed by atoms with E-state index < -0.39 is 17.5 Å². The Hall–Kier alpha value is -5.63. The molecule has 6 aromatic rings. The molecular weight excluding hydrogens is 579 g/mol. The van der Waals surface area contributed by atoms with Gasteiger partial charge in [0.1, 0.15) is 23.4 Å². The van der Waals surface area contributed by atoms with Crippen LogP contribution in [0.2, 0.25) is 0 Å². The Morgan fingerprint density at radius 3 is 2.69 bits per heavy atom. The maximum absolute atomic E-state index is 16.4. The molecule has 1 aliphatic rings. The zero-order valence-electron chi connectivity index (χ0n) is 23.8. The molecule has 1 aliphatic carbocycles. The number of pyridine rings is 2. The maximum Gasteiger partial charge on any atom is 0.251 e. The second-order valence-electron chi connectivity index (χ2n) is 11.1. The molecule has 0 bridgehead atoms. The lowest BCUT2D eigenvalue weighted by Crippen LogP contribution is -2.42. The van der Waals surface area contributed by atoms with Gasteiger partial charge < -0.3 is 20.0 Å². The second kappa shape index (κ2) is 11.5. The van der Waals surface area contributed by atoms with E-state index in [1.54, 1.807) is 61.1 Å². The fourth-order valence-corrected chi connectivity index (χ4v) is 6.15. The second-order valence-corrected chi connectivity index (χ2v) is 11.1. The molecule has 0 aliphatic heterocycles. The highest BCUT2D eigenvalue weighted by atomic mass is 19.1. The molecule has 0 spiro atoms. The van der Waals surface area contributed by atoms with Gasteiger partial charge >= 0.3 is 0 Å². The Balaban J connectivity index is 1.23. The zero-order chi connectivity index (χ0) is 31.1. The van der Waals surface area contributed by atoms with Gasteiger partial charge in [0.15, 0.2) is 11.6 Å². The lowest BCUT2D eigenvalue weighted by molar-refractivity contribution is 0.0926. The van der Waals surface area contributed by atoms with Crippen LogP contribution in [0, 0.1) is 28.8 Å². The van der Waals surface area contributed by atoms with Gasteiger partial charge in [-0.2, -0.15) is 5.26 Å². The number of H-pyrrole nitrogens is 1. The Bertz CT molecular complexity index is 2120. The van der Waals surface area contributed by atoms with Crippen molar-refractivity contribution in [3.05, 3.63) is 108 Å². The zero-order valence-corrected chi connectivity index (χ0v) is 23.8. The molecule has 224 valence electrons. The lowest BCUT2D eigenvalue weighted by Gasteiger charge is -2.31. The first kappa shape index (κ1) is 28.2. The molecule has 2 aromatic carbocycles. The highest BCUT2D eigenvalue weighted by molar-refractivity contribution is 5.98. The number of rotatable bonds is 6. The van der Waals surface area contributed by atoms with Crippen LogP contribution in [-0.4, -0.2) is 37.3 Å². The molecule has 8 nitrogen and oxygen atoms in total. The Morgan fingerprint density at radius 2 is 1.87 bits per heavy atom. The number of halogens is 3. The predicted molar refractivity (Wildman–Crippen MR) is 164 cm³/mol. The average molecular weight is 606 g/mol. The van der Waals surface area contributed by atoms with Crippen molar-refractivity contribution in [3.8, 4) is 28.5 Å². The first-order chi connectivity index (χ1) is 21.9. The van der Waals surface area contributed by atoms with Crippen molar-refractivity contribution in [2.75, 3.05) is 5.32 Å². The highest BCUT2D eigenvalue weighted by Crippen LogP contribution is 2.39. The fraction of sp³-hybridized carbons (Fsp3) is 0.176. The number of carbonyl (C=O) groups excluding carboxylic acids is 1. The number of anilines is 1. The summed E-state index contributed by atoms with van der Waals surface area (Å²) in [5, 5.41) is 16.8. The number of benzene rings is 2. The topological polar surface area (TPSA) is 111 Å². The summed E-state index contributed by atoms with van der Waals surface area (Å²) in [4.78, 5) is 24.7. The van der Waals surface area contributed by atoms with Crippen LogP contribution in [0.3, 0.4) is 0 Å². The molecule has 1 amide bonds. The van der Waals surface area contributed by atoms with Crippen LogP contribution in [0.25, 0.3) is 38.9 Å². The van der Waals surface area contributed by atoms with E-state index in [0.29, 0.717) is 29.6 Å². The summed E-state index contributed by atoms with van der Waals surface area (Å²) >= 11 is 0. The van der Waals surface area contributed by atoms with Gasteiger partial charge in [-0.25, -0.2) is 23.1 Å². The van der Waals surface area contributed by atoms with E-state index in [4.69, 9.17) is 0 Å². The van der Waals surface area contributed by atoms with Crippen LogP contribution in [0.1, 0.15) is 41.6 Å². The van der Waals surface area contributed by atoms with Gasteiger partial charge in [-0.3, -0.25) is 4.79 Å². The molecule has 4 aromatic heterocycles. The van der Waals surface area contributed by atoms with E-state index in [1.807, 2.05) is 4.40 Å². The summed E-state index contributed by atoms with van der Waals surface area (Å²) in [6.07, 6.45) is 9.43. The minimum absolute atomic E-state index is 0.0341. The van der Waals surface area contributed by atoms with Crippen molar-refractivity contribution in [1.29, 1.82) is 5.26 Å². The van der Waals surface area contributed by atoms with Gasteiger partial charge in [0.05, 0.1) is 16.8 Å². The van der Waals surface area contributed by atoms with Gasteiger partial charge in [0.25, 0.3) is 5.91 Å². The van der Waals surface area contributed by atoms with E-state index in [9.17, 15) is 18.8 Å². The minimum Gasteiger partial charge on any atom is -0.365 e. The van der Waals surface area contributed by atoms with Crippen LogP contribution in [-0.2, 0) is 0 Å². The molecular formula is C34H26F3N7O. The van der Waals surface area contributed by atoms with Crippen LogP contribution in [0.5, 0.6) is 0 Å². The normalized spacial score (nSPS) is 16.5. The smallest absolute Gasteiger partial charge is 0.251 e. The van der Waals surface area contributed by atoms with Crippen molar-refractivity contribution >= 4 is 28.3 Å². The molecule has 7 rings (SSSR count). The Labute approximate surface area is 255 Å². The van der Waals surface area contributed by atoms with E-state index in [0.717, 1.165) is 25.0 Å². The van der Waals surface area contributed by atoms with Crippen LogP contribution in [0.15, 0.2) is 79.4 Å². The summed E-state index contributed by atoms with van der Waals surface area (Å²) < 4.78 is 47.1. The molecule has 1 fully saturated rings. The molecule has 0 radical (unpaired) electrons. The van der Waals surface area contributed by atoms with E-state index >= 15 is 4.39 Å². The third-order valence-corrected chi connectivity index (χ3v) is 8.28. The largest absolute Gasteiger partial charge is 0.365 e. The number of fused-ring (bicyclic) bond motifs is 2. The molecule has 0 unspecified atom stereocenters. The molecule has 4 heterocycles. The number of imidazole rings is 1. The summed E-state index contributed by atoms with van der Waals surface area (Å²) in [7, 11) is 0. The predicted octanol–water partition coefficient (Wildman–Crippen LogP) is 6.99. The fourth-order valence-electron chi connectivity index (χ4n) is 6.15. The average Bonchev–Trinajstić information content (AvgIpc) is 3.69. The van der Waals surface area contributed by atoms with Crippen LogP contribution < -0.4 is 10.6 Å². The third-order valence-electron chi connectivity index (χ3n) is 8.28. The van der Waals surface area contributed by atoms with Gasteiger partial charge in [0.2, 0.25) is 0 Å². The van der Waals surface area contributed by atoms with E-state index in [1.165, 1.54) is 6.20 Å². The van der Waals surface area contributed by atoms with E-state index in [-0.39, 0.29) is 57.1 Å². The Morgan fingerprint density at radius 1 is 1.04 bits per heavy atom. The number of aromatic nitrogens is 4. The van der Waals surface area contributed by atoms with Crippen LogP contribution >= 0.6 is 0 Å². The molecule has 0 saturated heterocycles. The SMILES string of the molecule is N#Cc1c(-c2c[nH]c3c(F)cc(F)cc23)nc(N[C@@H]2CCC[C@H](NC(=O)c3ccn4ccnc4c3)C2)c(F)c1-c1ccccc1. The number of nitrogens with one attached hydrogen (secondary N) is 3.